The van der Waals surface area contributed by atoms with Crippen molar-refractivity contribution >= 4 is 0 Å². The van der Waals surface area contributed by atoms with Gasteiger partial charge in [0.15, 0.2) is 0 Å². The molecule has 2 nitrogen and oxygen atoms in total. The smallest absolute Gasteiger partial charge is 0.122 e. The van der Waals surface area contributed by atoms with Crippen LogP contribution in [0.1, 0.15) is 12.5 Å². The third-order valence-corrected chi connectivity index (χ3v) is 1.34. The molecule has 0 N–H and O–H groups in total. The van der Waals surface area contributed by atoms with E-state index in [2.05, 4.69) is 19.2 Å². The Morgan fingerprint density at radius 3 is 2.90 bits per heavy atom. The second-order valence-corrected chi connectivity index (χ2v) is 2.32. The molecule has 1 heterocycles. The van der Waals surface area contributed by atoms with Crippen molar-refractivity contribution in [1.82, 2.24) is 4.57 Å². The van der Waals surface area contributed by atoms with Gasteiger partial charge in [-0.1, -0.05) is 0 Å². The van der Waals surface area contributed by atoms with E-state index in [0.717, 1.165) is 6.61 Å². The topological polar surface area (TPSA) is 14.2 Å². The number of aromatic nitrogens is 1. The molecule has 0 bridgehead atoms. The van der Waals surface area contributed by atoms with Gasteiger partial charge in [-0.3, -0.25) is 0 Å². The monoisotopic (exact) mass is 139 g/mol. The van der Waals surface area contributed by atoms with Crippen molar-refractivity contribution in [3.63, 3.8) is 0 Å². The summed E-state index contributed by atoms with van der Waals surface area (Å²) in [6, 6.07) is 2.07. The predicted octanol–water partition coefficient (Wildman–Crippen LogP) is 1.79. The Balaban J connectivity index is 2.42. The summed E-state index contributed by atoms with van der Waals surface area (Å²) >= 11 is 0. The fourth-order valence-electron chi connectivity index (χ4n) is 0.838. The van der Waals surface area contributed by atoms with E-state index in [9.17, 15) is 0 Å². The fourth-order valence-corrected chi connectivity index (χ4v) is 0.838. The number of aryl methyl sites for hydroxylation is 1. The summed E-state index contributed by atoms with van der Waals surface area (Å²) in [4.78, 5) is 0. The molecule has 0 unspecified atom stereocenters. The first-order valence-electron chi connectivity index (χ1n) is 3.53. The number of rotatable bonds is 3. The highest BCUT2D eigenvalue weighted by Crippen LogP contribution is 1.97. The Morgan fingerprint density at radius 2 is 2.40 bits per heavy atom. The van der Waals surface area contributed by atoms with Crippen molar-refractivity contribution in [2.75, 3.05) is 6.61 Å². The molecule has 56 valence electrons. The summed E-state index contributed by atoms with van der Waals surface area (Å²) in [5.74, 6) is 0. The molecule has 1 aromatic rings. The third kappa shape index (κ3) is 1.88. The average molecular weight is 139 g/mol. The van der Waals surface area contributed by atoms with Gasteiger partial charge >= 0.3 is 0 Å². The van der Waals surface area contributed by atoms with Crippen LogP contribution in [0.2, 0.25) is 0 Å². The molecule has 0 fully saturated rings. The lowest BCUT2D eigenvalue weighted by molar-refractivity contribution is 0.0880. The Morgan fingerprint density at radius 1 is 1.60 bits per heavy atom. The van der Waals surface area contributed by atoms with Gasteiger partial charge in [-0.2, -0.15) is 0 Å². The molecule has 1 aromatic heterocycles. The van der Waals surface area contributed by atoms with Gasteiger partial charge in [-0.15, -0.1) is 0 Å². The van der Waals surface area contributed by atoms with Gasteiger partial charge in [0, 0.05) is 19.0 Å². The number of ether oxygens (including phenoxy) is 1. The molecule has 0 aliphatic heterocycles. The van der Waals surface area contributed by atoms with E-state index in [1.54, 1.807) is 0 Å². The van der Waals surface area contributed by atoms with Crippen LogP contribution in [0.25, 0.3) is 0 Å². The van der Waals surface area contributed by atoms with E-state index >= 15 is 0 Å². The first kappa shape index (κ1) is 7.35. The summed E-state index contributed by atoms with van der Waals surface area (Å²) < 4.78 is 7.22. The third-order valence-electron chi connectivity index (χ3n) is 1.34. The van der Waals surface area contributed by atoms with Crippen LogP contribution in [0.4, 0.5) is 0 Å². The van der Waals surface area contributed by atoms with Crippen LogP contribution in [0.15, 0.2) is 18.5 Å². The molecule has 0 aromatic carbocycles. The average Bonchev–Trinajstić information content (AvgIpc) is 2.31. The van der Waals surface area contributed by atoms with Crippen LogP contribution in [0.3, 0.4) is 0 Å². The van der Waals surface area contributed by atoms with E-state index < -0.39 is 0 Å². The minimum atomic E-state index is 0.671. The van der Waals surface area contributed by atoms with E-state index in [-0.39, 0.29) is 0 Å². The number of hydrogen-bond donors (Lipinski definition) is 0. The maximum Gasteiger partial charge on any atom is 0.122 e. The molecule has 0 radical (unpaired) electrons. The van der Waals surface area contributed by atoms with Crippen LogP contribution in [-0.2, 0) is 11.5 Å². The molecule has 10 heavy (non-hydrogen) atoms. The van der Waals surface area contributed by atoms with Crippen molar-refractivity contribution in [1.29, 1.82) is 0 Å². The van der Waals surface area contributed by atoms with Crippen LogP contribution in [0.5, 0.6) is 0 Å². The SMILES string of the molecule is CCOCn1ccc(C)c1. The lowest BCUT2D eigenvalue weighted by Crippen LogP contribution is -1.98. The molecular weight excluding hydrogens is 126 g/mol. The highest BCUT2D eigenvalue weighted by molar-refractivity contribution is 5.06. The first-order valence-corrected chi connectivity index (χ1v) is 3.53. The first-order chi connectivity index (χ1) is 4.83. The van der Waals surface area contributed by atoms with E-state index in [1.165, 1.54) is 5.56 Å². The molecule has 0 saturated carbocycles. The van der Waals surface area contributed by atoms with Gasteiger partial charge in [-0.25, -0.2) is 0 Å². The van der Waals surface area contributed by atoms with Gasteiger partial charge < -0.3 is 9.30 Å². The largest absolute Gasteiger partial charge is 0.361 e. The quantitative estimate of drug-likeness (QED) is 0.622. The highest BCUT2D eigenvalue weighted by Gasteiger charge is 1.88. The predicted molar refractivity (Wildman–Crippen MR) is 40.8 cm³/mol. The zero-order chi connectivity index (χ0) is 7.40. The van der Waals surface area contributed by atoms with Crippen molar-refractivity contribution in [3.05, 3.63) is 24.0 Å². The van der Waals surface area contributed by atoms with Crippen LogP contribution >= 0.6 is 0 Å². The molecule has 2 heteroatoms. The molecule has 0 aliphatic rings. The zero-order valence-corrected chi connectivity index (χ0v) is 6.50. The maximum atomic E-state index is 5.20. The van der Waals surface area contributed by atoms with Gasteiger partial charge in [0.2, 0.25) is 0 Å². The summed E-state index contributed by atoms with van der Waals surface area (Å²) in [5, 5.41) is 0. The second kappa shape index (κ2) is 3.42. The maximum absolute atomic E-state index is 5.20. The van der Waals surface area contributed by atoms with Crippen molar-refractivity contribution < 1.29 is 4.74 Å². The Kier molecular flexibility index (Phi) is 2.51. The molecule has 0 amide bonds. The Labute approximate surface area is 61.4 Å². The van der Waals surface area contributed by atoms with Gasteiger partial charge in [-0.05, 0) is 25.5 Å². The second-order valence-electron chi connectivity index (χ2n) is 2.32. The molecule has 1 rings (SSSR count). The van der Waals surface area contributed by atoms with Crippen molar-refractivity contribution in [2.24, 2.45) is 0 Å². The molecule has 0 atom stereocenters. The van der Waals surface area contributed by atoms with Gasteiger partial charge in [0.1, 0.15) is 6.73 Å². The van der Waals surface area contributed by atoms with Gasteiger partial charge in [0.25, 0.3) is 0 Å². The summed E-state index contributed by atoms with van der Waals surface area (Å²) in [6.45, 7) is 5.51. The Bertz CT molecular complexity index is 193. The molecule has 0 spiro atoms. The normalized spacial score (nSPS) is 10.2. The van der Waals surface area contributed by atoms with E-state index in [4.69, 9.17) is 4.74 Å². The summed E-state index contributed by atoms with van der Waals surface area (Å²) in [7, 11) is 0. The number of hydrogen-bond acceptors (Lipinski definition) is 1. The van der Waals surface area contributed by atoms with Crippen LogP contribution in [0, 0.1) is 6.92 Å². The zero-order valence-electron chi connectivity index (χ0n) is 6.50. The van der Waals surface area contributed by atoms with E-state index in [0.29, 0.717) is 6.73 Å². The molecule has 0 aliphatic carbocycles. The van der Waals surface area contributed by atoms with Crippen molar-refractivity contribution in [2.45, 2.75) is 20.6 Å². The van der Waals surface area contributed by atoms with Gasteiger partial charge in [0.05, 0.1) is 0 Å². The van der Waals surface area contributed by atoms with Crippen molar-refractivity contribution in [3.8, 4) is 0 Å². The van der Waals surface area contributed by atoms with Crippen LogP contribution in [-0.4, -0.2) is 11.2 Å². The fraction of sp³-hybridized carbons (Fsp3) is 0.500. The van der Waals surface area contributed by atoms with E-state index in [1.807, 2.05) is 17.7 Å². The highest BCUT2D eigenvalue weighted by atomic mass is 16.5. The molecular formula is C8H13NO. The summed E-state index contributed by atoms with van der Waals surface area (Å²) in [5.41, 5.74) is 1.28. The number of nitrogens with zero attached hydrogens (tertiary/aromatic N) is 1. The minimum absolute atomic E-state index is 0.671. The minimum Gasteiger partial charge on any atom is -0.361 e. The molecule has 0 saturated heterocycles. The summed E-state index contributed by atoms with van der Waals surface area (Å²) in [6.07, 6.45) is 4.08. The lowest BCUT2D eigenvalue weighted by atomic mass is 10.4. The van der Waals surface area contributed by atoms with Crippen LogP contribution < -0.4 is 0 Å². The Hall–Kier alpha value is -0.760. The standard InChI is InChI=1S/C8H13NO/c1-3-10-7-9-5-4-8(2)6-9/h4-6H,3,7H2,1-2H3. The lowest BCUT2D eigenvalue weighted by Gasteiger charge is -2.00.